The summed E-state index contributed by atoms with van der Waals surface area (Å²) in [6.07, 6.45) is 2.52. The summed E-state index contributed by atoms with van der Waals surface area (Å²) in [5.41, 5.74) is 5.92. The quantitative estimate of drug-likeness (QED) is 0.734. The van der Waals surface area contributed by atoms with Gasteiger partial charge in [0.15, 0.2) is 0 Å². The zero-order chi connectivity index (χ0) is 11.7. The molecule has 2 rings (SSSR count). The second-order valence-electron chi connectivity index (χ2n) is 5.39. The molecule has 2 aliphatic heterocycles. The lowest BCUT2D eigenvalue weighted by atomic mass is 10.0. The first kappa shape index (κ1) is 11.9. The molecule has 2 atom stereocenters. The van der Waals surface area contributed by atoms with Gasteiger partial charge in [-0.25, -0.2) is 0 Å². The highest BCUT2D eigenvalue weighted by Gasteiger charge is 2.34. The van der Waals surface area contributed by atoms with Crippen molar-refractivity contribution in [1.29, 1.82) is 0 Å². The van der Waals surface area contributed by atoms with Gasteiger partial charge in [-0.3, -0.25) is 9.69 Å². The molecule has 0 aliphatic carbocycles. The van der Waals surface area contributed by atoms with Crippen LogP contribution in [0.5, 0.6) is 0 Å². The third kappa shape index (κ3) is 2.23. The molecule has 2 fully saturated rings. The minimum Gasteiger partial charge on any atom is -0.338 e. The van der Waals surface area contributed by atoms with Crippen LogP contribution >= 0.6 is 0 Å². The molecule has 4 nitrogen and oxygen atoms in total. The maximum Gasteiger partial charge on any atom is 0.239 e. The van der Waals surface area contributed by atoms with Gasteiger partial charge < -0.3 is 10.6 Å². The van der Waals surface area contributed by atoms with Gasteiger partial charge in [-0.05, 0) is 25.3 Å². The maximum absolute atomic E-state index is 12.1. The summed E-state index contributed by atoms with van der Waals surface area (Å²) in [5.74, 6) is 0.371. The van der Waals surface area contributed by atoms with Gasteiger partial charge in [-0.15, -0.1) is 0 Å². The number of hydrogen-bond donors (Lipinski definition) is 1. The average Bonchev–Trinajstić information content (AvgIpc) is 2.73. The number of hydrogen-bond acceptors (Lipinski definition) is 3. The molecule has 0 bridgehead atoms. The van der Waals surface area contributed by atoms with E-state index in [1.165, 1.54) is 19.4 Å². The van der Waals surface area contributed by atoms with Crippen molar-refractivity contribution < 1.29 is 4.79 Å². The fraction of sp³-hybridized carbons (Fsp3) is 0.917. The Morgan fingerprint density at radius 2 is 2.06 bits per heavy atom. The number of fused-ring (bicyclic) bond motifs is 1. The minimum atomic E-state index is -0.326. The number of rotatable bonds is 2. The Hall–Kier alpha value is -0.610. The van der Waals surface area contributed by atoms with Gasteiger partial charge in [0.25, 0.3) is 0 Å². The molecule has 16 heavy (non-hydrogen) atoms. The predicted molar refractivity (Wildman–Crippen MR) is 64.0 cm³/mol. The lowest BCUT2D eigenvalue weighted by molar-refractivity contribution is -0.136. The Bertz CT molecular complexity index is 267. The second kappa shape index (κ2) is 4.72. The topological polar surface area (TPSA) is 49.6 Å². The van der Waals surface area contributed by atoms with Crippen molar-refractivity contribution >= 4 is 5.91 Å². The molecular formula is C12H23N3O. The van der Waals surface area contributed by atoms with Crippen molar-refractivity contribution in [2.24, 2.45) is 11.7 Å². The molecule has 1 amide bonds. The van der Waals surface area contributed by atoms with Crippen LogP contribution in [-0.4, -0.2) is 54.0 Å². The lowest BCUT2D eigenvalue weighted by Crippen LogP contribution is -2.56. The Kier molecular flexibility index (Phi) is 3.50. The van der Waals surface area contributed by atoms with E-state index in [0.29, 0.717) is 6.04 Å². The molecule has 2 heterocycles. The lowest BCUT2D eigenvalue weighted by Gasteiger charge is -2.38. The molecule has 0 spiro atoms. The highest BCUT2D eigenvalue weighted by Crippen LogP contribution is 2.22. The van der Waals surface area contributed by atoms with Crippen molar-refractivity contribution in [3.05, 3.63) is 0 Å². The summed E-state index contributed by atoms with van der Waals surface area (Å²) in [5, 5.41) is 0. The van der Waals surface area contributed by atoms with E-state index in [2.05, 4.69) is 4.90 Å². The Morgan fingerprint density at radius 3 is 2.75 bits per heavy atom. The zero-order valence-electron chi connectivity index (χ0n) is 10.4. The number of carbonyl (C=O) groups is 1. The summed E-state index contributed by atoms with van der Waals surface area (Å²) in [6, 6.07) is 0.269. The third-order valence-electron chi connectivity index (χ3n) is 3.90. The minimum absolute atomic E-state index is 0.140. The van der Waals surface area contributed by atoms with Crippen LogP contribution in [-0.2, 0) is 4.79 Å². The number of carbonyl (C=O) groups excluding carboxylic acids is 1. The van der Waals surface area contributed by atoms with E-state index in [4.69, 9.17) is 5.73 Å². The van der Waals surface area contributed by atoms with Crippen LogP contribution in [0, 0.1) is 5.92 Å². The number of nitrogens with two attached hydrogens (primary N) is 1. The Labute approximate surface area is 97.8 Å². The third-order valence-corrected chi connectivity index (χ3v) is 3.90. The van der Waals surface area contributed by atoms with E-state index in [9.17, 15) is 4.79 Å². The summed E-state index contributed by atoms with van der Waals surface area (Å²) >= 11 is 0. The highest BCUT2D eigenvalue weighted by molar-refractivity contribution is 5.82. The van der Waals surface area contributed by atoms with Gasteiger partial charge in [0, 0.05) is 25.7 Å². The van der Waals surface area contributed by atoms with Gasteiger partial charge in [-0.1, -0.05) is 13.8 Å². The average molecular weight is 225 g/mol. The first-order valence-corrected chi connectivity index (χ1v) is 6.38. The molecular weight excluding hydrogens is 202 g/mol. The van der Waals surface area contributed by atoms with Crippen LogP contribution in [0.15, 0.2) is 0 Å². The number of piperazine rings is 1. The van der Waals surface area contributed by atoms with Crippen LogP contribution in [0.2, 0.25) is 0 Å². The highest BCUT2D eigenvalue weighted by atomic mass is 16.2. The largest absolute Gasteiger partial charge is 0.338 e. The molecule has 92 valence electrons. The van der Waals surface area contributed by atoms with E-state index in [1.807, 2.05) is 18.7 Å². The summed E-state index contributed by atoms with van der Waals surface area (Å²) in [7, 11) is 0. The van der Waals surface area contributed by atoms with E-state index in [0.717, 1.165) is 19.6 Å². The predicted octanol–water partition coefficient (Wildman–Crippen LogP) is 0.276. The summed E-state index contributed by atoms with van der Waals surface area (Å²) in [4.78, 5) is 16.6. The van der Waals surface area contributed by atoms with Gasteiger partial charge in [0.2, 0.25) is 5.91 Å². The first-order chi connectivity index (χ1) is 7.59. The van der Waals surface area contributed by atoms with Crippen molar-refractivity contribution in [2.75, 3.05) is 26.2 Å². The molecule has 2 aliphatic rings. The van der Waals surface area contributed by atoms with Crippen molar-refractivity contribution in [3.8, 4) is 0 Å². The van der Waals surface area contributed by atoms with Crippen molar-refractivity contribution in [1.82, 2.24) is 9.80 Å². The first-order valence-electron chi connectivity index (χ1n) is 6.38. The van der Waals surface area contributed by atoms with Crippen LogP contribution in [0.3, 0.4) is 0 Å². The van der Waals surface area contributed by atoms with Crippen LogP contribution in [0.1, 0.15) is 26.7 Å². The van der Waals surface area contributed by atoms with Gasteiger partial charge in [0.05, 0.1) is 6.04 Å². The molecule has 0 aromatic carbocycles. The van der Waals surface area contributed by atoms with E-state index >= 15 is 0 Å². The molecule has 2 saturated heterocycles. The summed E-state index contributed by atoms with van der Waals surface area (Å²) in [6.45, 7) is 8.00. The molecule has 0 saturated carbocycles. The molecule has 0 aromatic rings. The fourth-order valence-corrected chi connectivity index (χ4v) is 2.69. The SMILES string of the molecule is CC(C)[C@@H](N)C(=O)N1CCN2CCCC2C1. The van der Waals surface area contributed by atoms with Crippen LogP contribution in [0.4, 0.5) is 0 Å². The monoisotopic (exact) mass is 225 g/mol. The maximum atomic E-state index is 12.1. The molecule has 0 radical (unpaired) electrons. The molecule has 0 aromatic heterocycles. The smallest absolute Gasteiger partial charge is 0.239 e. The Balaban J connectivity index is 1.93. The van der Waals surface area contributed by atoms with Gasteiger partial charge in [0.1, 0.15) is 0 Å². The van der Waals surface area contributed by atoms with Crippen molar-refractivity contribution in [3.63, 3.8) is 0 Å². The summed E-state index contributed by atoms with van der Waals surface area (Å²) < 4.78 is 0. The van der Waals surface area contributed by atoms with Crippen LogP contribution < -0.4 is 5.73 Å². The van der Waals surface area contributed by atoms with Crippen molar-refractivity contribution in [2.45, 2.75) is 38.8 Å². The number of amides is 1. The normalized spacial score (nSPS) is 28.2. The number of nitrogens with zero attached hydrogens (tertiary/aromatic N) is 2. The molecule has 2 N–H and O–H groups in total. The van der Waals surface area contributed by atoms with Crippen LogP contribution in [0.25, 0.3) is 0 Å². The second-order valence-corrected chi connectivity index (χ2v) is 5.39. The van der Waals surface area contributed by atoms with E-state index in [1.54, 1.807) is 0 Å². The fourth-order valence-electron chi connectivity index (χ4n) is 2.69. The standard InChI is InChI=1S/C12H23N3O/c1-9(2)11(13)12(16)15-7-6-14-5-3-4-10(14)8-15/h9-11H,3-8,13H2,1-2H3/t10?,11-/m1/s1. The van der Waals surface area contributed by atoms with Gasteiger partial charge >= 0.3 is 0 Å². The molecule has 1 unspecified atom stereocenters. The van der Waals surface area contributed by atoms with E-state index in [-0.39, 0.29) is 17.9 Å². The Morgan fingerprint density at radius 1 is 1.31 bits per heavy atom. The molecule has 4 heteroatoms. The zero-order valence-corrected chi connectivity index (χ0v) is 10.4. The van der Waals surface area contributed by atoms with Gasteiger partial charge in [-0.2, -0.15) is 0 Å². The van der Waals surface area contributed by atoms with E-state index < -0.39 is 0 Å².